The summed E-state index contributed by atoms with van der Waals surface area (Å²) >= 11 is 5.07. The van der Waals surface area contributed by atoms with Gasteiger partial charge in [-0.05, 0) is 41.8 Å². The van der Waals surface area contributed by atoms with Crippen molar-refractivity contribution in [3.8, 4) is 0 Å². The minimum absolute atomic E-state index is 0.0399. The minimum Gasteiger partial charge on any atom is -0.353 e. The van der Waals surface area contributed by atoms with Crippen LogP contribution in [0.5, 0.6) is 0 Å². The van der Waals surface area contributed by atoms with Gasteiger partial charge in [-0.3, -0.25) is 10.1 Å². The van der Waals surface area contributed by atoms with Crippen molar-refractivity contribution in [3.05, 3.63) is 20.3 Å². The molecular formula is C11H12BrN3OS. The van der Waals surface area contributed by atoms with Crippen LogP contribution in [0.2, 0.25) is 0 Å². The maximum atomic E-state index is 11.8. The van der Waals surface area contributed by atoms with E-state index in [0.29, 0.717) is 12.0 Å². The molecule has 1 aliphatic heterocycles. The van der Waals surface area contributed by atoms with E-state index in [1.54, 1.807) is 11.3 Å². The summed E-state index contributed by atoms with van der Waals surface area (Å²) in [7, 11) is 0. The van der Waals surface area contributed by atoms with Crippen molar-refractivity contribution < 1.29 is 4.79 Å². The van der Waals surface area contributed by atoms with Crippen LogP contribution >= 0.6 is 27.3 Å². The van der Waals surface area contributed by atoms with E-state index in [2.05, 4.69) is 31.6 Å². The van der Waals surface area contributed by atoms with Crippen LogP contribution in [0.25, 0.3) is 0 Å². The molecule has 1 aliphatic carbocycles. The van der Waals surface area contributed by atoms with Gasteiger partial charge in [0.1, 0.15) is 0 Å². The van der Waals surface area contributed by atoms with Gasteiger partial charge in [-0.2, -0.15) is 0 Å². The Hall–Kier alpha value is -0.880. The number of nitrogens with zero attached hydrogens (tertiary/aromatic N) is 1. The SMILES string of the molecule is Cc1sc(C2N=C(NC3CC3)NC2=O)cc1Br. The Bertz CT molecular complexity index is 487. The fourth-order valence-corrected chi connectivity index (χ4v) is 3.31. The van der Waals surface area contributed by atoms with Crippen molar-refractivity contribution in [1.29, 1.82) is 0 Å². The monoisotopic (exact) mass is 313 g/mol. The average Bonchev–Trinajstić information content (AvgIpc) is 2.91. The summed E-state index contributed by atoms with van der Waals surface area (Å²) in [4.78, 5) is 18.4. The molecule has 1 unspecified atom stereocenters. The second-order valence-electron chi connectivity index (χ2n) is 4.34. The molecule has 1 saturated carbocycles. The number of aryl methyl sites for hydroxylation is 1. The lowest BCUT2D eigenvalue weighted by Crippen LogP contribution is -2.37. The Balaban J connectivity index is 1.81. The summed E-state index contributed by atoms with van der Waals surface area (Å²) in [5.74, 6) is 0.589. The molecule has 1 fully saturated rings. The Morgan fingerprint density at radius 3 is 2.94 bits per heavy atom. The molecule has 90 valence electrons. The highest BCUT2D eigenvalue weighted by atomic mass is 79.9. The number of thiophene rings is 1. The molecular weight excluding hydrogens is 302 g/mol. The third kappa shape index (κ3) is 2.24. The number of hydrogen-bond acceptors (Lipinski definition) is 4. The lowest BCUT2D eigenvalue weighted by Gasteiger charge is -2.01. The van der Waals surface area contributed by atoms with Crippen molar-refractivity contribution in [2.24, 2.45) is 4.99 Å². The fraction of sp³-hybridized carbons (Fsp3) is 0.455. The molecule has 3 rings (SSSR count). The maximum absolute atomic E-state index is 11.8. The van der Waals surface area contributed by atoms with Crippen molar-refractivity contribution in [2.45, 2.75) is 31.8 Å². The van der Waals surface area contributed by atoms with Crippen molar-refractivity contribution in [1.82, 2.24) is 10.6 Å². The molecule has 1 aromatic rings. The van der Waals surface area contributed by atoms with E-state index in [-0.39, 0.29) is 11.9 Å². The quantitative estimate of drug-likeness (QED) is 0.878. The average molecular weight is 314 g/mol. The van der Waals surface area contributed by atoms with Crippen LogP contribution < -0.4 is 10.6 Å². The predicted molar refractivity (Wildman–Crippen MR) is 71.2 cm³/mol. The standard InChI is InChI=1S/C11H12BrN3OS/c1-5-7(12)4-8(17-5)9-10(16)15-11(14-9)13-6-2-3-6/h4,6,9H,2-3H2,1H3,(H2,13,14,15,16). The van der Waals surface area contributed by atoms with Gasteiger partial charge in [0.2, 0.25) is 0 Å². The maximum Gasteiger partial charge on any atom is 0.257 e. The molecule has 2 N–H and O–H groups in total. The first-order chi connectivity index (χ1) is 8.13. The summed E-state index contributed by atoms with van der Waals surface area (Å²) in [6.45, 7) is 2.03. The van der Waals surface area contributed by atoms with Crippen LogP contribution in [0.3, 0.4) is 0 Å². The Kier molecular flexibility index (Phi) is 2.71. The zero-order chi connectivity index (χ0) is 12.0. The van der Waals surface area contributed by atoms with Gasteiger partial charge >= 0.3 is 0 Å². The number of carbonyl (C=O) groups is 1. The van der Waals surface area contributed by atoms with Gasteiger partial charge in [0.25, 0.3) is 5.91 Å². The topological polar surface area (TPSA) is 53.5 Å². The van der Waals surface area contributed by atoms with E-state index in [1.807, 2.05) is 13.0 Å². The number of rotatable bonds is 2. The van der Waals surface area contributed by atoms with Crippen LogP contribution in [-0.4, -0.2) is 17.9 Å². The summed E-state index contributed by atoms with van der Waals surface area (Å²) < 4.78 is 1.05. The predicted octanol–water partition coefficient (Wildman–Crippen LogP) is 2.10. The first kappa shape index (κ1) is 11.2. The van der Waals surface area contributed by atoms with Gasteiger partial charge in [0, 0.05) is 20.3 Å². The lowest BCUT2D eigenvalue weighted by atomic mass is 10.2. The first-order valence-corrected chi connectivity index (χ1v) is 7.15. The number of nitrogens with one attached hydrogen (secondary N) is 2. The molecule has 1 aromatic heterocycles. The van der Waals surface area contributed by atoms with Gasteiger partial charge in [-0.15, -0.1) is 11.3 Å². The molecule has 1 atom stereocenters. The van der Waals surface area contributed by atoms with Crippen LogP contribution in [0.15, 0.2) is 15.5 Å². The number of carbonyl (C=O) groups excluding carboxylic acids is 1. The van der Waals surface area contributed by atoms with Gasteiger partial charge in [0.15, 0.2) is 12.0 Å². The van der Waals surface area contributed by atoms with Crippen LogP contribution in [-0.2, 0) is 4.79 Å². The number of halogens is 1. The van der Waals surface area contributed by atoms with Gasteiger partial charge in [0.05, 0.1) is 0 Å². The highest BCUT2D eigenvalue weighted by Crippen LogP contribution is 2.33. The zero-order valence-corrected chi connectivity index (χ0v) is 11.7. The lowest BCUT2D eigenvalue weighted by molar-refractivity contribution is -0.120. The molecule has 4 nitrogen and oxygen atoms in total. The third-order valence-electron chi connectivity index (χ3n) is 2.81. The second-order valence-corrected chi connectivity index (χ2v) is 6.48. The Labute approximate surface area is 112 Å². The molecule has 2 aliphatic rings. The van der Waals surface area contributed by atoms with Gasteiger partial charge in [-0.1, -0.05) is 0 Å². The van der Waals surface area contributed by atoms with E-state index in [9.17, 15) is 4.79 Å². The highest BCUT2D eigenvalue weighted by molar-refractivity contribution is 9.10. The molecule has 1 amide bonds. The summed E-state index contributed by atoms with van der Waals surface area (Å²) in [6, 6.07) is 2.10. The van der Waals surface area contributed by atoms with Gasteiger partial charge < -0.3 is 5.32 Å². The van der Waals surface area contributed by atoms with E-state index in [4.69, 9.17) is 0 Å². The van der Waals surface area contributed by atoms with Crippen molar-refractivity contribution in [2.75, 3.05) is 0 Å². The second kappa shape index (κ2) is 4.10. The molecule has 17 heavy (non-hydrogen) atoms. The van der Waals surface area contributed by atoms with Crippen LogP contribution in [0.4, 0.5) is 0 Å². The van der Waals surface area contributed by atoms with Crippen molar-refractivity contribution >= 4 is 39.1 Å². The van der Waals surface area contributed by atoms with E-state index < -0.39 is 0 Å². The number of guanidine groups is 1. The molecule has 2 heterocycles. The molecule has 0 radical (unpaired) electrons. The largest absolute Gasteiger partial charge is 0.353 e. The Morgan fingerprint density at radius 2 is 2.35 bits per heavy atom. The van der Waals surface area contributed by atoms with Crippen LogP contribution in [0, 0.1) is 6.92 Å². The zero-order valence-electron chi connectivity index (χ0n) is 9.29. The number of hydrogen-bond donors (Lipinski definition) is 2. The van der Waals surface area contributed by atoms with Crippen LogP contribution in [0.1, 0.15) is 28.6 Å². The van der Waals surface area contributed by atoms with Gasteiger partial charge in [-0.25, -0.2) is 4.99 Å². The van der Waals surface area contributed by atoms with E-state index >= 15 is 0 Å². The number of amides is 1. The molecule has 0 aromatic carbocycles. The molecule has 0 bridgehead atoms. The molecule has 0 saturated heterocycles. The first-order valence-electron chi connectivity index (χ1n) is 5.54. The smallest absolute Gasteiger partial charge is 0.257 e. The molecule has 0 spiro atoms. The highest BCUT2D eigenvalue weighted by Gasteiger charge is 2.32. The van der Waals surface area contributed by atoms with E-state index in [1.165, 1.54) is 17.7 Å². The minimum atomic E-state index is -0.383. The fourth-order valence-electron chi connectivity index (χ4n) is 1.71. The van der Waals surface area contributed by atoms with E-state index in [0.717, 1.165) is 9.35 Å². The molecule has 6 heteroatoms. The summed E-state index contributed by atoms with van der Waals surface area (Å²) in [5.41, 5.74) is 0. The normalized spacial score (nSPS) is 23.5. The summed E-state index contributed by atoms with van der Waals surface area (Å²) in [5, 5.41) is 6.01. The summed E-state index contributed by atoms with van der Waals surface area (Å²) in [6.07, 6.45) is 2.34. The number of aliphatic imine (C=N–C) groups is 1. The third-order valence-corrected chi connectivity index (χ3v) is 5.00. The van der Waals surface area contributed by atoms with Crippen molar-refractivity contribution in [3.63, 3.8) is 0 Å². The Morgan fingerprint density at radius 1 is 1.59 bits per heavy atom.